The second-order valence-corrected chi connectivity index (χ2v) is 5.29. The molecule has 92 valence electrons. The normalized spacial score (nSPS) is 16.6. The van der Waals surface area contributed by atoms with Gasteiger partial charge >= 0.3 is 5.97 Å². The zero-order valence-electron chi connectivity index (χ0n) is 9.08. The highest BCUT2D eigenvalue weighted by atomic mass is 79.9. The molecule has 0 bridgehead atoms. The van der Waals surface area contributed by atoms with Crippen LogP contribution in [-0.4, -0.2) is 17.7 Å². The molecule has 0 amide bonds. The van der Waals surface area contributed by atoms with E-state index in [9.17, 15) is 9.18 Å². The van der Waals surface area contributed by atoms with Crippen LogP contribution in [0.25, 0.3) is 0 Å². The first-order valence-electron chi connectivity index (χ1n) is 5.30. The Kier molecular flexibility index (Phi) is 3.38. The van der Waals surface area contributed by atoms with Crippen LogP contribution in [0.15, 0.2) is 22.7 Å². The van der Waals surface area contributed by atoms with Crippen molar-refractivity contribution in [2.45, 2.75) is 19.3 Å². The van der Waals surface area contributed by atoms with Gasteiger partial charge in [0.2, 0.25) is 0 Å². The molecule has 0 radical (unpaired) electrons. The Bertz CT molecular complexity index is 443. The third kappa shape index (κ3) is 3.19. The quantitative estimate of drug-likeness (QED) is 0.908. The molecule has 17 heavy (non-hydrogen) atoms. The van der Waals surface area contributed by atoms with E-state index in [0.717, 1.165) is 12.8 Å². The Hall–Kier alpha value is -1.10. The lowest BCUT2D eigenvalue weighted by atomic mass is 10.0. The molecule has 0 saturated heterocycles. The van der Waals surface area contributed by atoms with Gasteiger partial charge < -0.3 is 9.84 Å². The molecule has 1 aromatic rings. The second-order valence-electron chi connectivity index (χ2n) is 4.44. The number of carboxylic acids is 1. The highest BCUT2D eigenvalue weighted by Gasteiger charge is 2.45. The van der Waals surface area contributed by atoms with Crippen LogP contribution in [0.4, 0.5) is 4.39 Å². The number of aliphatic carboxylic acids is 1. The molecule has 3 nitrogen and oxygen atoms in total. The summed E-state index contributed by atoms with van der Waals surface area (Å²) in [4.78, 5) is 10.6. The lowest BCUT2D eigenvalue weighted by Crippen LogP contribution is -2.17. The molecule has 1 aliphatic rings. The fourth-order valence-electron chi connectivity index (χ4n) is 1.67. The van der Waals surface area contributed by atoms with Gasteiger partial charge in [-0.3, -0.25) is 4.79 Å². The standard InChI is InChI=1S/C12H12BrFO3/c13-9-2-1-8(5-10(9)14)17-7-12(3-4-12)6-11(15)16/h1-2,5H,3-4,6-7H2,(H,15,16). The van der Waals surface area contributed by atoms with E-state index >= 15 is 0 Å². The minimum atomic E-state index is -0.812. The summed E-state index contributed by atoms with van der Waals surface area (Å²) in [7, 11) is 0. The third-order valence-electron chi connectivity index (χ3n) is 2.92. The van der Waals surface area contributed by atoms with Gasteiger partial charge in [0.05, 0.1) is 17.5 Å². The van der Waals surface area contributed by atoms with Crippen LogP contribution >= 0.6 is 15.9 Å². The highest BCUT2D eigenvalue weighted by Crippen LogP contribution is 2.49. The first-order valence-corrected chi connectivity index (χ1v) is 6.10. The maximum Gasteiger partial charge on any atom is 0.304 e. The van der Waals surface area contributed by atoms with Gasteiger partial charge in [-0.25, -0.2) is 4.39 Å². The van der Waals surface area contributed by atoms with Crippen LogP contribution in [-0.2, 0) is 4.79 Å². The van der Waals surface area contributed by atoms with Crippen molar-refractivity contribution in [1.82, 2.24) is 0 Å². The number of ether oxygens (including phenoxy) is 1. The topological polar surface area (TPSA) is 46.5 Å². The molecule has 1 aliphatic carbocycles. The van der Waals surface area contributed by atoms with Crippen molar-refractivity contribution in [2.75, 3.05) is 6.61 Å². The molecule has 5 heteroatoms. The molecule has 0 aromatic heterocycles. The van der Waals surface area contributed by atoms with Gasteiger partial charge in [0.25, 0.3) is 0 Å². The lowest BCUT2D eigenvalue weighted by Gasteiger charge is -2.14. The SMILES string of the molecule is O=C(O)CC1(COc2ccc(Br)c(F)c2)CC1. The zero-order valence-corrected chi connectivity index (χ0v) is 10.7. The first-order chi connectivity index (χ1) is 8.01. The van der Waals surface area contributed by atoms with Gasteiger partial charge in [-0.2, -0.15) is 0 Å². The number of carbonyl (C=O) groups is 1. The van der Waals surface area contributed by atoms with E-state index in [1.54, 1.807) is 12.1 Å². The van der Waals surface area contributed by atoms with E-state index in [4.69, 9.17) is 9.84 Å². The first kappa shape index (κ1) is 12.4. The van der Waals surface area contributed by atoms with Crippen molar-refractivity contribution in [3.8, 4) is 5.75 Å². The number of hydrogen-bond donors (Lipinski definition) is 1. The monoisotopic (exact) mass is 302 g/mol. The maximum absolute atomic E-state index is 13.2. The Morgan fingerprint density at radius 2 is 2.24 bits per heavy atom. The van der Waals surface area contributed by atoms with Gasteiger partial charge in [0, 0.05) is 11.5 Å². The van der Waals surface area contributed by atoms with Crippen LogP contribution in [0.1, 0.15) is 19.3 Å². The molecule has 1 aromatic carbocycles. The molecule has 0 spiro atoms. The predicted molar refractivity (Wildman–Crippen MR) is 63.5 cm³/mol. The average Bonchev–Trinajstić information content (AvgIpc) is 2.99. The third-order valence-corrected chi connectivity index (χ3v) is 3.56. The number of hydrogen-bond acceptors (Lipinski definition) is 2. The van der Waals surface area contributed by atoms with Crippen molar-refractivity contribution in [3.05, 3.63) is 28.5 Å². The second kappa shape index (κ2) is 4.64. The molecular formula is C12H12BrFO3. The highest BCUT2D eigenvalue weighted by molar-refractivity contribution is 9.10. The maximum atomic E-state index is 13.2. The Labute approximate surface area is 107 Å². The van der Waals surface area contributed by atoms with E-state index in [-0.39, 0.29) is 17.7 Å². The van der Waals surface area contributed by atoms with E-state index in [0.29, 0.717) is 16.8 Å². The number of benzene rings is 1. The number of halogens is 2. The Morgan fingerprint density at radius 1 is 1.53 bits per heavy atom. The van der Waals surface area contributed by atoms with E-state index < -0.39 is 5.97 Å². The summed E-state index contributed by atoms with van der Waals surface area (Å²) in [5.41, 5.74) is -0.241. The minimum Gasteiger partial charge on any atom is -0.493 e. The van der Waals surface area contributed by atoms with Crippen molar-refractivity contribution in [2.24, 2.45) is 5.41 Å². The van der Waals surface area contributed by atoms with E-state index in [1.165, 1.54) is 6.07 Å². The summed E-state index contributed by atoms with van der Waals surface area (Å²) in [6, 6.07) is 4.52. The summed E-state index contributed by atoms with van der Waals surface area (Å²) in [6.07, 6.45) is 1.84. The summed E-state index contributed by atoms with van der Waals surface area (Å²) >= 11 is 3.06. The van der Waals surface area contributed by atoms with Crippen LogP contribution in [0, 0.1) is 11.2 Å². The zero-order chi connectivity index (χ0) is 12.5. The van der Waals surface area contributed by atoms with Crippen molar-refractivity contribution in [3.63, 3.8) is 0 Å². The molecule has 0 aliphatic heterocycles. The van der Waals surface area contributed by atoms with Crippen LogP contribution in [0.2, 0.25) is 0 Å². The van der Waals surface area contributed by atoms with Crippen LogP contribution in [0.3, 0.4) is 0 Å². The van der Waals surface area contributed by atoms with E-state index in [2.05, 4.69) is 15.9 Å². The van der Waals surface area contributed by atoms with Crippen molar-refractivity contribution >= 4 is 21.9 Å². The van der Waals surface area contributed by atoms with Crippen molar-refractivity contribution < 1.29 is 19.0 Å². The molecule has 0 heterocycles. The van der Waals surface area contributed by atoms with Crippen molar-refractivity contribution in [1.29, 1.82) is 0 Å². The van der Waals surface area contributed by atoms with Gasteiger partial charge in [-0.1, -0.05) is 0 Å². The summed E-state index contributed by atoms with van der Waals surface area (Å²) in [5.74, 6) is -0.763. The number of carboxylic acid groups (broad SMARTS) is 1. The predicted octanol–water partition coefficient (Wildman–Crippen LogP) is 3.22. The Balaban J connectivity index is 1.94. The largest absolute Gasteiger partial charge is 0.493 e. The van der Waals surface area contributed by atoms with Gasteiger partial charge in [0.1, 0.15) is 11.6 Å². The summed E-state index contributed by atoms with van der Waals surface area (Å²) in [5, 5.41) is 8.75. The van der Waals surface area contributed by atoms with Crippen LogP contribution in [0.5, 0.6) is 5.75 Å². The molecule has 2 rings (SSSR count). The van der Waals surface area contributed by atoms with Gasteiger partial charge in [-0.15, -0.1) is 0 Å². The average molecular weight is 303 g/mol. The molecule has 0 atom stereocenters. The fourth-order valence-corrected chi connectivity index (χ4v) is 1.92. The minimum absolute atomic E-state index is 0.117. The molecule has 1 saturated carbocycles. The summed E-state index contributed by atoms with van der Waals surface area (Å²) in [6.45, 7) is 0.334. The summed E-state index contributed by atoms with van der Waals surface area (Å²) < 4.78 is 19.0. The van der Waals surface area contributed by atoms with Gasteiger partial charge in [-0.05, 0) is 40.9 Å². The molecule has 1 fully saturated rings. The molecule has 1 N–H and O–H groups in total. The lowest BCUT2D eigenvalue weighted by molar-refractivity contribution is -0.138. The number of rotatable bonds is 5. The molecular weight excluding hydrogens is 291 g/mol. The van der Waals surface area contributed by atoms with E-state index in [1.807, 2.05) is 0 Å². The smallest absolute Gasteiger partial charge is 0.304 e. The fraction of sp³-hybridized carbons (Fsp3) is 0.417. The Morgan fingerprint density at radius 3 is 2.76 bits per heavy atom. The molecule has 0 unspecified atom stereocenters. The van der Waals surface area contributed by atoms with Crippen LogP contribution < -0.4 is 4.74 Å². The van der Waals surface area contributed by atoms with Gasteiger partial charge in [0.15, 0.2) is 0 Å².